The van der Waals surface area contributed by atoms with E-state index >= 15 is 0 Å². The summed E-state index contributed by atoms with van der Waals surface area (Å²) in [5.41, 5.74) is 6.77. The lowest BCUT2D eigenvalue weighted by Crippen LogP contribution is -2.29. The molecule has 9 nitrogen and oxygen atoms in total. The Morgan fingerprint density at radius 1 is 1.19 bits per heavy atom. The Hall–Kier alpha value is -3.77. The zero-order valence-electron chi connectivity index (χ0n) is 19.4. The standard InChI is InChI=1S/C23H22ClF3N4O5/c1-12-4-6-14(20(19(12)34-3)36-22(33)23(25,26)27)21(32)30-13-5-7-17(35-9-8-28)15(10-13)18-16(24)11-29-31(18)2/h4-7,10-11H,8-9,28H2,1-3H3,(H,30,32). The maximum absolute atomic E-state index is 13.1. The van der Waals surface area contributed by atoms with E-state index in [9.17, 15) is 22.8 Å². The molecule has 0 saturated carbocycles. The van der Waals surface area contributed by atoms with Crippen LogP contribution in [-0.4, -0.2) is 48.1 Å². The van der Waals surface area contributed by atoms with Crippen molar-refractivity contribution in [2.24, 2.45) is 12.8 Å². The van der Waals surface area contributed by atoms with Crippen molar-refractivity contribution in [2.45, 2.75) is 13.1 Å². The third-order valence-electron chi connectivity index (χ3n) is 4.95. The molecule has 0 aliphatic heterocycles. The van der Waals surface area contributed by atoms with Gasteiger partial charge in [-0.3, -0.25) is 9.48 Å². The third kappa shape index (κ3) is 5.71. The summed E-state index contributed by atoms with van der Waals surface area (Å²) in [6.07, 6.45) is -3.84. The molecule has 0 unspecified atom stereocenters. The number of rotatable bonds is 8. The molecular formula is C23H22ClF3N4O5. The summed E-state index contributed by atoms with van der Waals surface area (Å²) in [5.74, 6) is -3.77. The van der Waals surface area contributed by atoms with E-state index < -0.39 is 23.8 Å². The molecule has 3 aromatic rings. The Kier molecular flexibility index (Phi) is 8.10. The van der Waals surface area contributed by atoms with Crippen LogP contribution in [0.25, 0.3) is 11.3 Å². The molecule has 1 heterocycles. The van der Waals surface area contributed by atoms with Gasteiger partial charge in [0.15, 0.2) is 11.5 Å². The van der Waals surface area contributed by atoms with E-state index in [1.54, 1.807) is 19.2 Å². The summed E-state index contributed by atoms with van der Waals surface area (Å²) in [7, 11) is 2.85. The van der Waals surface area contributed by atoms with Crippen LogP contribution in [0.1, 0.15) is 15.9 Å². The fourth-order valence-corrected chi connectivity index (χ4v) is 3.61. The number of anilines is 1. The number of halogens is 4. The minimum absolute atomic E-state index is 0.187. The molecule has 2 aromatic carbocycles. The van der Waals surface area contributed by atoms with Gasteiger partial charge in [-0.25, -0.2) is 4.79 Å². The summed E-state index contributed by atoms with van der Waals surface area (Å²) in [5, 5.41) is 7.01. The van der Waals surface area contributed by atoms with Gasteiger partial charge >= 0.3 is 12.1 Å². The van der Waals surface area contributed by atoms with E-state index in [2.05, 4.69) is 15.2 Å². The van der Waals surface area contributed by atoms with Crippen LogP contribution < -0.4 is 25.3 Å². The van der Waals surface area contributed by atoms with Crippen molar-refractivity contribution >= 4 is 29.2 Å². The Morgan fingerprint density at radius 2 is 1.92 bits per heavy atom. The van der Waals surface area contributed by atoms with Crippen LogP contribution in [0.15, 0.2) is 36.5 Å². The first-order valence-corrected chi connectivity index (χ1v) is 10.8. The number of carbonyl (C=O) groups is 2. The monoisotopic (exact) mass is 526 g/mol. The molecule has 3 N–H and O–H groups in total. The maximum Gasteiger partial charge on any atom is 0.491 e. The molecule has 0 aliphatic rings. The summed E-state index contributed by atoms with van der Waals surface area (Å²) in [6.45, 7) is 1.99. The lowest BCUT2D eigenvalue weighted by atomic mass is 10.1. The largest absolute Gasteiger partial charge is 0.493 e. The van der Waals surface area contributed by atoms with E-state index in [4.69, 9.17) is 26.8 Å². The number of amides is 1. The van der Waals surface area contributed by atoms with Crippen molar-refractivity contribution in [3.8, 4) is 28.5 Å². The Morgan fingerprint density at radius 3 is 2.50 bits per heavy atom. The maximum atomic E-state index is 13.1. The quantitative estimate of drug-likeness (QED) is 0.335. The van der Waals surface area contributed by atoms with E-state index in [-0.39, 0.29) is 30.2 Å². The smallest absolute Gasteiger partial charge is 0.491 e. The van der Waals surface area contributed by atoms with Gasteiger partial charge < -0.3 is 25.3 Å². The number of alkyl halides is 3. The average Bonchev–Trinajstić information content (AvgIpc) is 3.15. The lowest BCUT2D eigenvalue weighted by molar-refractivity contribution is -0.189. The van der Waals surface area contributed by atoms with Crippen molar-refractivity contribution in [2.75, 3.05) is 25.6 Å². The molecular weight excluding hydrogens is 505 g/mol. The molecule has 1 amide bonds. The van der Waals surface area contributed by atoms with Gasteiger partial charge in [0.05, 0.1) is 29.6 Å². The summed E-state index contributed by atoms with van der Waals surface area (Å²) in [4.78, 5) is 24.6. The van der Waals surface area contributed by atoms with Crippen LogP contribution in [0.4, 0.5) is 18.9 Å². The fourth-order valence-electron chi connectivity index (χ4n) is 3.35. The van der Waals surface area contributed by atoms with Gasteiger partial charge in [0, 0.05) is 24.8 Å². The number of methoxy groups -OCH3 is 1. The number of hydrogen-bond acceptors (Lipinski definition) is 7. The highest BCUT2D eigenvalue weighted by atomic mass is 35.5. The second kappa shape index (κ2) is 10.9. The van der Waals surface area contributed by atoms with Crippen molar-refractivity contribution in [1.29, 1.82) is 0 Å². The number of nitrogens with two attached hydrogens (primary N) is 1. The Balaban J connectivity index is 2.02. The van der Waals surface area contributed by atoms with E-state index in [0.29, 0.717) is 27.6 Å². The van der Waals surface area contributed by atoms with Crippen LogP contribution in [0.3, 0.4) is 0 Å². The number of hydrogen-bond donors (Lipinski definition) is 2. The van der Waals surface area contributed by atoms with Gasteiger partial charge in [0.1, 0.15) is 12.4 Å². The van der Waals surface area contributed by atoms with Gasteiger partial charge in [-0.15, -0.1) is 0 Å². The number of nitrogens with zero attached hydrogens (tertiary/aromatic N) is 2. The second-order valence-electron chi connectivity index (χ2n) is 7.45. The SMILES string of the molecule is COc1c(C)ccc(C(=O)Nc2ccc(OCCN)c(-c3c(Cl)cnn3C)c2)c1OC(=O)C(F)(F)F. The summed E-state index contributed by atoms with van der Waals surface area (Å²) in [6, 6.07) is 7.32. The molecule has 0 atom stereocenters. The average molecular weight is 527 g/mol. The highest BCUT2D eigenvalue weighted by Crippen LogP contribution is 2.38. The fraction of sp³-hybridized carbons (Fsp3) is 0.261. The first kappa shape index (κ1) is 26.8. The number of aromatic nitrogens is 2. The number of carbonyl (C=O) groups excluding carboxylic acids is 2. The molecule has 3 rings (SSSR count). The molecule has 0 spiro atoms. The number of ether oxygens (including phenoxy) is 3. The molecule has 192 valence electrons. The predicted octanol–water partition coefficient (Wildman–Crippen LogP) is 4.12. The minimum Gasteiger partial charge on any atom is -0.493 e. The van der Waals surface area contributed by atoms with E-state index in [0.717, 1.165) is 0 Å². The zero-order chi connectivity index (χ0) is 26.6. The molecule has 0 aliphatic carbocycles. The van der Waals surface area contributed by atoms with Crippen LogP contribution in [0, 0.1) is 6.92 Å². The summed E-state index contributed by atoms with van der Waals surface area (Å²) < 4.78 is 55.4. The van der Waals surface area contributed by atoms with Crippen molar-refractivity contribution in [3.63, 3.8) is 0 Å². The van der Waals surface area contributed by atoms with E-state index in [1.807, 2.05) is 0 Å². The van der Waals surface area contributed by atoms with Crippen molar-refractivity contribution < 1.29 is 37.0 Å². The number of nitrogens with one attached hydrogen (secondary N) is 1. The van der Waals surface area contributed by atoms with Crippen LogP contribution >= 0.6 is 11.6 Å². The predicted molar refractivity (Wildman–Crippen MR) is 126 cm³/mol. The van der Waals surface area contributed by atoms with Crippen molar-refractivity contribution in [3.05, 3.63) is 52.7 Å². The minimum atomic E-state index is -5.28. The van der Waals surface area contributed by atoms with Crippen LogP contribution in [0.5, 0.6) is 17.2 Å². The molecule has 0 fully saturated rings. The first-order chi connectivity index (χ1) is 17.0. The molecule has 13 heteroatoms. The topological polar surface area (TPSA) is 118 Å². The highest BCUT2D eigenvalue weighted by Gasteiger charge is 2.42. The number of aryl methyl sites for hydroxylation is 2. The summed E-state index contributed by atoms with van der Waals surface area (Å²) >= 11 is 6.29. The number of esters is 1. The first-order valence-electron chi connectivity index (χ1n) is 10.4. The Bertz CT molecular complexity index is 1270. The third-order valence-corrected chi connectivity index (χ3v) is 5.22. The molecule has 0 saturated heterocycles. The van der Waals surface area contributed by atoms with Crippen LogP contribution in [-0.2, 0) is 11.8 Å². The van der Waals surface area contributed by atoms with E-state index in [1.165, 1.54) is 43.1 Å². The Labute approximate surface area is 208 Å². The van der Waals surface area contributed by atoms with Gasteiger partial charge in [-0.1, -0.05) is 17.7 Å². The van der Waals surface area contributed by atoms with Gasteiger partial charge in [0.2, 0.25) is 0 Å². The van der Waals surface area contributed by atoms with Gasteiger partial charge in [-0.05, 0) is 36.8 Å². The normalized spacial score (nSPS) is 11.2. The lowest BCUT2D eigenvalue weighted by Gasteiger charge is -2.17. The molecule has 0 radical (unpaired) electrons. The second-order valence-corrected chi connectivity index (χ2v) is 7.85. The van der Waals surface area contributed by atoms with Crippen molar-refractivity contribution in [1.82, 2.24) is 9.78 Å². The molecule has 0 bridgehead atoms. The zero-order valence-corrected chi connectivity index (χ0v) is 20.2. The number of benzene rings is 2. The molecule has 1 aromatic heterocycles. The van der Waals surface area contributed by atoms with Gasteiger partial charge in [0.25, 0.3) is 5.91 Å². The van der Waals surface area contributed by atoms with Crippen LogP contribution in [0.2, 0.25) is 5.02 Å². The van der Waals surface area contributed by atoms with Gasteiger partial charge in [-0.2, -0.15) is 18.3 Å². The highest BCUT2D eigenvalue weighted by molar-refractivity contribution is 6.33. The molecule has 36 heavy (non-hydrogen) atoms.